The number of fused-ring (bicyclic) bond motifs is 1. The third-order valence-electron chi connectivity index (χ3n) is 3.28. The average molecular weight is 271 g/mol. The molecule has 0 spiro atoms. The Morgan fingerprint density at radius 1 is 1.16 bits per heavy atom. The lowest BCUT2D eigenvalue weighted by Crippen LogP contribution is -2.13. The molecular formula is C16H17NOS. The van der Waals surface area contributed by atoms with E-state index in [9.17, 15) is 0 Å². The summed E-state index contributed by atoms with van der Waals surface area (Å²) in [5.74, 6) is 0.916. The maximum absolute atomic E-state index is 5.89. The van der Waals surface area contributed by atoms with Crippen molar-refractivity contribution in [3.63, 3.8) is 0 Å². The van der Waals surface area contributed by atoms with Crippen LogP contribution in [0.5, 0.6) is 5.75 Å². The predicted molar refractivity (Wildman–Crippen MR) is 79.6 cm³/mol. The smallest absolute Gasteiger partial charge is 0.119 e. The molecule has 1 heterocycles. The van der Waals surface area contributed by atoms with Gasteiger partial charge in [0, 0.05) is 16.7 Å². The highest BCUT2D eigenvalue weighted by molar-refractivity contribution is 8.00. The van der Waals surface area contributed by atoms with Crippen LogP contribution in [0.15, 0.2) is 53.4 Å². The number of benzene rings is 2. The largest absolute Gasteiger partial charge is 0.492 e. The average Bonchev–Trinajstić information content (AvgIpc) is 2.88. The van der Waals surface area contributed by atoms with Crippen LogP contribution < -0.4 is 10.5 Å². The lowest BCUT2D eigenvalue weighted by molar-refractivity contribution is 0.317. The third kappa shape index (κ3) is 2.94. The SMILES string of the molecule is NCc1cccc(OCC2Cc3ccccc3S2)c1. The Morgan fingerprint density at radius 2 is 2.05 bits per heavy atom. The van der Waals surface area contributed by atoms with Gasteiger partial charge in [0.25, 0.3) is 0 Å². The van der Waals surface area contributed by atoms with E-state index in [2.05, 4.69) is 24.3 Å². The Morgan fingerprint density at radius 3 is 2.89 bits per heavy atom. The zero-order valence-corrected chi connectivity index (χ0v) is 11.5. The molecule has 2 N–H and O–H groups in total. The summed E-state index contributed by atoms with van der Waals surface area (Å²) in [6, 6.07) is 16.6. The summed E-state index contributed by atoms with van der Waals surface area (Å²) < 4.78 is 5.89. The van der Waals surface area contributed by atoms with E-state index in [0.29, 0.717) is 11.8 Å². The van der Waals surface area contributed by atoms with Crippen molar-refractivity contribution in [3.8, 4) is 5.75 Å². The molecule has 2 aromatic rings. The van der Waals surface area contributed by atoms with E-state index in [-0.39, 0.29) is 0 Å². The Bertz CT molecular complexity index is 545. The minimum absolute atomic E-state index is 0.513. The first-order valence-electron chi connectivity index (χ1n) is 6.51. The second kappa shape index (κ2) is 5.68. The van der Waals surface area contributed by atoms with E-state index < -0.39 is 0 Å². The molecule has 0 saturated carbocycles. The van der Waals surface area contributed by atoms with Crippen molar-refractivity contribution < 1.29 is 4.74 Å². The van der Waals surface area contributed by atoms with Crippen molar-refractivity contribution in [2.24, 2.45) is 5.73 Å². The van der Waals surface area contributed by atoms with Gasteiger partial charge in [0.2, 0.25) is 0 Å². The van der Waals surface area contributed by atoms with Gasteiger partial charge >= 0.3 is 0 Å². The molecule has 1 unspecified atom stereocenters. The summed E-state index contributed by atoms with van der Waals surface area (Å²) in [4.78, 5) is 1.40. The number of rotatable bonds is 4. The fraction of sp³-hybridized carbons (Fsp3) is 0.250. The summed E-state index contributed by atoms with van der Waals surface area (Å²) in [5, 5.41) is 0.513. The van der Waals surface area contributed by atoms with Gasteiger partial charge in [-0.15, -0.1) is 11.8 Å². The zero-order chi connectivity index (χ0) is 13.1. The fourth-order valence-electron chi connectivity index (χ4n) is 2.30. The second-order valence-corrected chi connectivity index (χ2v) is 6.06. The molecule has 19 heavy (non-hydrogen) atoms. The number of thioether (sulfide) groups is 1. The third-order valence-corrected chi connectivity index (χ3v) is 4.57. The molecule has 0 aromatic heterocycles. The molecule has 1 atom stereocenters. The van der Waals surface area contributed by atoms with Crippen LogP contribution in [0.3, 0.4) is 0 Å². The van der Waals surface area contributed by atoms with Crippen molar-refractivity contribution in [1.82, 2.24) is 0 Å². The Kier molecular flexibility index (Phi) is 3.76. The maximum Gasteiger partial charge on any atom is 0.119 e. The molecule has 1 aliphatic rings. The lowest BCUT2D eigenvalue weighted by atomic mass is 10.1. The standard InChI is InChI=1S/C16H17NOS/c17-10-12-4-3-6-14(8-12)18-11-15-9-13-5-1-2-7-16(13)19-15/h1-8,15H,9-11,17H2. The zero-order valence-electron chi connectivity index (χ0n) is 10.7. The van der Waals surface area contributed by atoms with Gasteiger partial charge in [0.15, 0.2) is 0 Å². The van der Waals surface area contributed by atoms with Gasteiger partial charge in [-0.25, -0.2) is 0 Å². The van der Waals surface area contributed by atoms with Gasteiger partial charge in [-0.2, -0.15) is 0 Å². The van der Waals surface area contributed by atoms with E-state index in [0.717, 1.165) is 24.3 Å². The summed E-state index contributed by atoms with van der Waals surface area (Å²) in [5.41, 5.74) is 8.19. The van der Waals surface area contributed by atoms with Gasteiger partial charge < -0.3 is 10.5 Å². The highest BCUT2D eigenvalue weighted by Gasteiger charge is 2.22. The highest BCUT2D eigenvalue weighted by Crippen LogP contribution is 2.36. The van der Waals surface area contributed by atoms with Crippen LogP contribution in [-0.4, -0.2) is 11.9 Å². The first-order chi connectivity index (χ1) is 9.35. The van der Waals surface area contributed by atoms with Gasteiger partial charge in [0.1, 0.15) is 12.4 Å². The fourth-order valence-corrected chi connectivity index (χ4v) is 3.52. The molecule has 0 fully saturated rings. The second-order valence-electron chi connectivity index (χ2n) is 4.71. The molecule has 98 valence electrons. The Balaban J connectivity index is 1.59. The molecule has 3 rings (SSSR count). The normalized spacial score (nSPS) is 17.2. The van der Waals surface area contributed by atoms with Gasteiger partial charge in [0.05, 0.1) is 0 Å². The lowest BCUT2D eigenvalue weighted by Gasteiger charge is -2.11. The van der Waals surface area contributed by atoms with Crippen LogP contribution in [0.25, 0.3) is 0 Å². The molecule has 0 amide bonds. The quantitative estimate of drug-likeness (QED) is 0.927. The van der Waals surface area contributed by atoms with Crippen LogP contribution in [-0.2, 0) is 13.0 Å². The van der Waals surface area contributed by atoms with E-state index in [1.165, 1.54) is 10.5 Å². The summed E-state index contributed by atoms with van der Waals surface area (Å²) in [6.07, 6.45) is 1.09. The molecule has 0 bridgehead atoms. The molecule has 0 aliphatic carbocycles. The molecule has 3 heteroatoms. The van der Waals surface area contributed by atoms with Crippen LogP contribution in [0, 0.1) is 0 Å². The van der Waals surface area contributed by atoms with Gasteiger partial charge in [-0.05, 0) is 35.7 Å². The minimum Gasteiger partial charge on any atom is -0.492 e. The first-order valence-corrected chi connectivity index (χ1v) is 7.39. The monoisotopic (exact) mass is 271 g/mol. The van der Waals surface area contributed by atoms with Crippen LogP contribution >= 0.6 is 11.8 Å². The summed E-state index contributed by atoms with van der Waals surface area (Å²) in [6.45, 7) is 1.30. The molecule has 2 nitrogen and oxygen atoms in total. The molecule has 0 saturated heterocycles. The van der Waals surface area contributed by atoms with Crippen LogP contribution in [0.1, 0.15) is 11.1 Å². The van der Waals surface area contributed by atoms with Crippen LogP contribution in [0.2, 0.25) is 0 Å². The van der Waals surface area contributed by atoms with E-state index in [1.807, 2.05) is 36.0 Å². The van der Waals surface area contributed by atoms with Gasteiger partial charge in [-0.1, -0.05) is 30.3 Å². The van der Waals surface area contributed by atoms with Crippen molar-refractivity contribution >= 4 is 11.8 Å². The van der Waals surface area contributed by atoms with E-state index in [1.54, 1.807) is 0 Å². The Hall–Kier alpha value is -1.45. The van der Waals surface area contributed by atoms with Crippen molar-refractivity contribution in [3.05, 3.63) is 59.7 Å². The van der Waals surface area contributed by atoms with E-state index >= 15 is 0 Å². The minimum atomic E-state index is 0.513. The number of hydrogen-bond acceptors (Lipinski definition) is 3. The molecule has 0 radical (unpaired) electrons. The molecular weight excluding hydrogens is 254 g/mol. The number of nitrogens with two attached hydrogens (primary N) is 1. The van der Waals surface area contributed by atoms with Crippen molar-refractivity contribution in [2.45, 2.75) is 23.1 Å². The van der Waals surface area contributed by atoms with Crippen molar-refractivity contribution in [1.29, 1.82) is 0 Å². The molecule has 1 aliphatic heterocycles. The van der Waals surface area contributed by atoms with E-state index in [4.69, 9.17) is 10.5 Å². The summed E-state index contributed by atoms with van der Waals surface area (Å²) in [7, 11) is 0. The predicted octanol–water partition coefficient (Wildman–Crippen LogP) is 3.24. The van der Waals surface area contributed by atoms with Crippen LogP contribution in [0.4, 0.5) is 0 Å². The first kappa shape index (κ1) is 12.6. The topological polar surface area (TPSA) is 35.2 Å². The Labute approximate surface area is 118 Å². The highest BCUT2D eigenvalue weighted by atomic mass is 32.2. The maximum atomic E-state index is 5.89. The molecule has 2 aromatic carbocycles. The number of hydrogen-bond donors (Lipinski definition) is 1. The van der Waals surface area contributed by atoms with Gasteiger partial charge in [-0.3, -0.25) is 0 Å². The number of ether oxygens (including phenoxy) is 1. The van der Waals surface area contributed by atoms with Crippen molar-refractivity contribution in [2.75, 3.05) is 6.61 Å². The summed E-state index contributed by atoms with van der Waals surface area (Å²) >= 11 is 1.92.